The summed E-state index contributed by atoms with van der Waals surface area (Å²) in [6, 6.07) is 11.4. The molecule has 7 nitrogen and oxygen atoms in total. The van der Waals surface area contributed by atoms with Gasteiger partial charge in [-0.15, -0.1) is 0 Å². The molecule has 1 heterocycles. The van der Waals surface area contributed by atoms with Gasteiger partial charge >= 0.3 is 6.18 Å². The third-order valence-corrected chi connectivity index (χ3v) is 8.04. The number of rotatable bonds is 6. The molecule has 0 unspecified atom stereocenters. The highest BCUT2D eigenvalue weighted by Gasteiger charge is 2.35. The fourth-order valence-corrected chi connectivity index (χ4v) is 5.56. The monoisotopic (exact) mass is 548 g/mol. The molecule has 11 heteroatoms. The van der Waals surface area contributed by atoms with Crippen molar-refractivity contribution in [3.05, 3.63) is 53.7 Å². The maximum atomic E-state index is 13.5. The molecule has 4 rings (SSSR count). The summed E-state index contributed by atoms with van der Waals surface area (Å²) in [4.78, 5) is 0.107. The van der Waals surface area contributed by atoms with E-state index in [1.165, 1.54) is 23.8 Å². The predicted octanol–water partition coefficient (Wildman–Crippen LogP) is 4.13. The second-order valence-electron chi connectivity index (χ2n) is 9.75. The van der Waals surface area contributed by atoms with E-state index in [0.717, 1.165) is 24.7 Å². The average Bonchev–Trinajstić information content (AvgIpc) is 3.19. The third-order valence-electron chi connectivity index (χ3n) is 6.93. The minimum atomic E-state index is -4.44. The Kier molecular flexibility index (Phi) is 7.70. The summed E-state index contributed by atoms with van der Waals surface area (Å²) in [5.41, 5.74) is 14.1. The van der Waals surface area contributed by atoms with E-state index in [1.54, 1.807) is 24.3 Å². The molecule has 1 saturated carbocycles. The molecule has 204 valence electrons. The summed E-state index contributed by atoms with van der Waals surface area (Å²) in [6.45, 7) is -1.09. The zero-order valence-corrected chi connectivity index (χ0v) is 22.0. The number of fused-ring (bicyclic) bond motifs is 1. The van der Waals surface area contributed by atoms with Crippen LogP contribution in [0.4, 0.5) is 18.9 Å². The minimum Gasteiger partial charge on any atom is -0.495 e. The number of ether oxygens (including phenoxy) is 1. The van der Waals surface area contributed by atoms with E-state index in [4.69, 9.17) is 16.2 Å². The van der Waals surface area contributed by atoms with Gasteiger partial charge in [0.1, 0.15) is 12.3 Å². The number of hydrogen-bond acceptors (Lipinski definition) is 6. The van der Waals surface area contributed by atoms with Crippen LogP contribution >= 0.6 is 0 Å². The number of halogens is 3. The molecule has 5 N–H and O–H groups in total. The first-order valence-electron chi connectivity index (χ1n) is 12.2. The summed E-state index contributed by atoms with van der Waals surface area (Å²) < 4.78 is 70.6. The summed E-state index contributed by atoms with van der Waals surface area (Å²) in [5.74, 6) is 6.06. The van der Waals surface area contributed by atoms with Crippen LogP contribution in [-0.4, -0.2) is 45.1 Å². The zero-order valence-electron chi connectivity index (χ0n) is 21.2. The van der Waals surface area contributed by atoms with Crippen molar-refractivity contribution in [3.63, 3.8) is 0 Å². The second kappa shape index (κ2) is 10.5. The molecule has 0 atom stereocenters. The number of aromatic nitrogens is 1. The molecule has 0 amide bonds. The Morgan fingerprint density at radius 1 is 1.18 bits per heavy atom. The standard InChI is InChI=1S/C27H31F3N4O3S/c1-37-25-16-20(38(2,35)36)8-9-23(25)33-14-4-5-19-15-21-22(26(32)12-10-18(31)11-13-26)6-3-7-24(21)34(19)17-27(28,29)30/h3,6-9,15-16,18,33H,10-14,17,31-32H2,1-2H3. The maximum absolute atomic E-state index is 13.5. The molecule has 1 aliphatic rings. The molecule has 1 aromatic heterocycles. The highest BCUT2D eigenvalue weighted by Crippen LogP contribution is 2.39. The number of nitrogens with two attached hydrogens (primary N) is 2. The van der Waals surface area contributed by atoms with Crippen LogP contribution in [0.2, 0.25) is 0 Å². The number of nitrogens with zero attached hydrogens (tertiary/aromatic N) is 1. The van der Waals surface area contributed by atoms with Crippen LogP contribution in [-0.2, 0) is 21.9 Å². The van der Waals surface area contributed by atoms with Crippen molar-refractivity contribution in [3.8, 4) is 17.6 Å². The van der Waals surface area contributed by atoms with Gasteiger partial charge < -0.3 is 26.1 Å². The van der Waals surface area contributed by atoms with Crippen LogP contribution in [0, 0.1) is 11.8 Å². The van der Waals surface area contributed by atoms with Crippen LogP contribution in [0.15, 0.2) is 47.4 Å². The normalized spacial score (nSPS) is 20.1. The molecule has 0 aliphatic heterocycles. The van der Waals surface area contributed by atoms with E-state index in [0.29, 0.717) is 35.2 Å². The van der Waals surface area contributed by atoms with Gasteiger partial charge in [0.15, 0.2) is 9.84 Å². The molecule has 0 spiro atoms. The summed E-state index contributed by atoms with van der Waals surface area (Å²) in [5, 5.41) is 3.69. The lowest BCUT2D eigenvalue weighted by Crippen LogP contribution is -2.43. The number of nitrogens with one attached hydrogen (secondary N) is 1. The number of benzene rings is 2. The first kappa shape index (κ1) is 27.8. The third kappa shape index (κ3) is 6.09. The molecule has 1 fully saturated rings. The van der Waals surface area contributed by atoms with Gasteiger partial charge in [0.2, 0.25) is 0 Å². The molecular weight excluding hydrogens is 517 g/mol. The Balaban J connectivity index is 1.66. The van der Waals surface area contributed by atoms with Crippen molar-refractivity contribution in [2.24, 2.45) is 11.5 Å². The van der Waals surface area contributed by atoms with Crippen molar-refractivity contribution in [2.45, 2.75) is 54.9 Å². The fourth-order valence-electron chi connectivity index (χ4n) is 4.92. The number of methoxy groups -OCH3 is 1. The van der Waals surface area contributed by atoms with Gasteiger partial charge in [0.25, 0.3) is 0 Å². The maximum Gasteiger partial charge on any atom is 0.406 e. The van der Waals surface area contributed by atoms with E-state index in [1.807, 2.05) is 6.07 Å². The van der Waals surface area contributed by atoms with E-state index in [9.17, 15) is 21.6 Å². The number of anilines is 1. The second-order valence-corrected chi connectivity index (χ2v) is 11.8. The van der Waals surface area contributed by atoms with Crippen molar-refractivity contribution < 1.29 is 26.3 Å². The summed E-state index contributed by atoms with van der Waals surface area (Å²) in [7, 11) is -2.00. The van der Waals surface area contributed by atoms with Gasteiger partial charge in [0, 0.05) is 34.8 Å². The Hall–Kier alpha value is -3.20. The minimum absolute atomic E-state index is 0.0795. The highest BCUT2D eigenvalue weighted by molar-refractivity contribution is 7.90. The van der Waals surface area contributed by atoms with E-state index in [-0.39, 0.29) is 23.2 Å². The van der Waals surface area contributed by atoms with Crippen molar-refractivity contribution >= 4 is 26.4 Å². The van der Waals surface area contributed by atoms with Gasteiger partial charge in [0.05, 0.1) is 29.9 Å². The largest absolute Gasteiger partial charge is 0.495 e. The van der Waals surface area contributed by atoms with Gasteiger partial charge in [-0.3, -0.25) is 0 Å². The number of alkyl halides is 3. The Morgan fingerprint density at radius 3 is 2.53 bits per heavy atom. The lowest BCUT2D eigenvalue weighted by molar-refractivity contribution is -0.140. The van der Waals surface area contributed by atoms with Gasteiger partial charge in [-0.1, -0.05) is 18.1 Å². The van der Waals surface area contributed by atoms with Crippen LogP contribution < -0.4 is 21.5 Å². The first-order valence-corrected chi connectivity index (χ1v) is 14.0. The average molecular weight is 549 g/mol. The molecule has 0 saturated heterocycles. The van der Waals surface area contributed by atoms with E-state index < -0.39 is 28.1 Å². The molecule has 2 aromatic carbocycles. The van der Waals surface area contributed by atoms with Crippen LogP contribution in [0.3, 0.4) is 0 Å². The first-order chi connectivity index (χ1) is 17.8. The van der Waals surface area contributed by atoms with Gasteiger partial charge in [-0.05, 0) is 61.4 Å². The molecule has 38 heavy (non-hydrogen) atoms. The zero-order chi connectivity index (χ0) is 27.7. The van der Waals surface area contributed by atoms with Crippen LogP contribution in [0.5, 0.6) is 5.75 Å². The molecule has 3 aromatic rings. The number of hydrogen-bond donors (Lipinski definition) is 3. The SMILES string of the molecule is COc1cc(S(C)(=O)=O)ccc1NCC#Cc1cc2c(C3(N)CCC(N)CC3)cccc2n1CC(F)(F)F. The number of sulfone groups is 1. The quantitative estimate of drug-likeness (QED) is 0.400. The smallest absolute Gasteiger partial charge is 0.406 e. The highest BCUT2D eigenvalue weighted by atomic mass is 32.2. The Bertz CT molecular complexity index is 1500. The van der Waals surface area contributed by atoms with Gasteiger partial charge in [-0.25, -0.2) is 8.42 Å². The Morgan fingerprint density at radius 2 is 1.89 bits per heavy atom. The lowest BCUT2D eigenvalue weighted by Gasteiger charge is -2.37. The van der Waals surface area contributed by atoms with Gasteiger partial charge in [-0.2, -0.15) is 13.2 Å². The van der Waals surface area contributed by atoms with Crippen LogP contribution in [0.1, 0.15) is 36.9 Å². The predicted molar refractivity (Wildman–Crippen MR) is 142 cm³/mol. The van der Waals surface area contributed by atoms with E-state index in [2.05, 4.69) is 17.2 Å². The lowest BCUT2D eigenvalue weighted by atomic mass is 9.75. The molecule has 1 aliphatic carbocycles. The van der Waals surface area contributed by atoms with Crippen molar-refractivity contribution in [2.75, 3.05) is 25.2 Å². The Labute approximate surface area is 220 Å². The molecule has 0 radical (unpaired) electrons. The summed E-state index contributed by atoms with van der Waals surface area (Å²) >= 11 is 0. The van der Waals surface area contributed by atoms with E-state index >= 15 is 0 Å². The molecule has 0 bridgehead atoms. The molecular formula is C27H31F3N4O3S. The van der Waals surface area contributed by atoms with Crippen molar-refractivity contribution in [1.82, 2.24) is 4.57 Å². The van der Waals surface area contributed by atoms with Crippen molar-refractivity contribution in [1.29, 1.82) is 0 Å². The topological polar surface area (TPSA) is 112 Å². The fraction of sp³-hybridized carbons (Fsp3) is 0.407. The van der Waals surface area contributed by atoms with Crippen LogP contribution in [0.25, 0.3) is 10.9 Å². The summed E-state index contributed by atoms with van der Waals surface area (Å²) in [6.07, 6.45) is -0.525.